The summed E-state index contributed by atoms with van der Waals surface area (Å²) in [4.78, 5) is 23.7. The van der Waals surface area contributed by atoms with Crippen LogP contribution >= 0.6 is 0 Å². The summed E-state index contributed by atoms with van der Waals surface area (Å²) in [6.07, 6.45) is -3.26. The minimum atomic E-state index is -1.63. The third-order valence-electron chi connectivity index (χ3n) is 2.52. The second-order valence-electron chi connectivity index (χ2n) is 3.64. The maximum atomic E-state index is 11.4. The number of amides is 2. The second kappa shape index (κ2) is 4.03. The number of rotatable bonds is 2. The van der Waals surface area contributed by atoms with Gasteiger partial charge in [0.1, 0.15) is 0 Å². The minimum absolute atomic E-state index is 0.0760. The normalized spacial score (nSPS) is 25.2. The lowest BCUT2D eigenvalue weighted by Gasteiger charge is -2.13. The molecular formula is C11H11NO4. The molecule has 16 heavy (non-hydrogen) atoms. The molecule has 1 aromatic rings. The first-order valence-corrected chi connectivity index (χ1v) is 4.86. The van der Waals surface area contributed by atoms with E-state index in [-0.39, 0.29) is 6.54 Å². The van der Waals surface area contributed by atoms with Crippen LogP contribution in [0, 0.1) is 0 Å². The minimum Gasteiger partial charge on any atom is -0.380 e. The summed E-state index contributed by atoms with van der Waals surface area (Å²) in [5, 5.41) is 18.4. The number of aliphatic hydroxyl groups excluding tert-OH is 2. The molecule has 0 aromatic heterocycles. The smallest absolute Gasteiger partial charge is 0.261 e. The number of carbonyl (C=O) groups is 2. The largest absolute Gasteiger partial charge is 0.380 e. The molecule has 1 aliphatic heterocycles. The first kappa shape index (κ1) is 10.8. The van der Waals surface area contributed by atoms with E-state index >= 15 is 0 Å². The topological polar surface area (TPSA) is 77.8 Å². The molecule has 0 radical (unpaired) electrons. The van der Waals surface area contributed by atoms with Gasteiger partial charge in [-0.05, 0) is 5.56 Å². The van der Waals surface area contributed by atoms with Crippen molar-refractivity contribution >= 4 is 11.8 Å². The predicted octanol–water partition coefficient (Wildman–Crippen LogP) is -0.723. The summed E-state index contributed by atoms with van der Waals surface area (Å²) in [5.41, 5.74) is 0.769. The number of aliphatic hydroxyl groups is 2. The van der Waals surface area contributed by atoms with Crippen LogP contribution in [0.25, 0.3) is 0 Å². The highest BCUT2D eigenvalue weighted by Crippen LogP contribution is 2.16. The van der Waals surface area contributed by atoms with E-state index in [9.17, 15) is 19.8 Å². The van der Waals surface area contributed by atoms with Crippen LogP contribution in [0.4, 0.5) is 0 Å². The van der Waals surface area contributed by atoms with Gasteiger partial charge in [0, 0.05) is 0 Å². The molecule has 5 nitrogen and oxygen atoms in total. The van der Waals surface area contributed by atoms with Crippen LogP contribution in [0.15, 0.2) is 30.3 Å². The van der Waals surface area contributed by atoms with Crippen molar-refractivity contribution in [2.24, 2.45) is 0 Å². The van der Waals surface area contributed by atoms with Crippen molar-refractivity contribution < 1.29 is 19.8 Å². The highest BCUT2D eigenvalue weighted by atomic mass is 16.4. The van der Waals surface area contributed by atoms with Crippen LogP contribution in [-0.4, -0.2) is 39.1 Å². The van der Waals surface area contributed by atoms with Crippen LogP contribution in [0.2, 0.25) is 0 Å². The summed E-state index contributed by atoms with van der Waals surface area (Å²) >= 11 is 0. The molecule has 0 saturated carbocycles. The van der Waals surface area contributed by atoms with E-state index in [0.717, 1.165) is 10.5 Å². The standard InChI is InChI=1S/C11H11NO4/c13-8-9(14)11(16)12(10(8)15)6-7-4-2-1-3-5-7/h1-5,8-9,13-14H,6H2/t8-,9+. The van der Waals surface area contributed by atoms with E-state index in [1.807, 2.05) is 6.07 Å². The van der Waals surface area contributed by atoms with Crippen LogP contribution < -0.4 is 0 Å². The fraction of sp³-hybridized carbons (Fsp3) is 0.273. The molecule has 2 rings (SSSR count). The zero-order valence-corrected chi connectivity index (χ0v) is 8.41. The van der Waals surface area contributed by atoms with Gasteiger partial charge in [-0.1, -0.05) is 30.3 Å². The first-order chi connectivity index (χ1) is 7.61. The summed E-state index contributed by atoms with van der Waals surface area (Å²) in [6, 6.07) is 8.91. The molecule has 84 valence electrons. The fourth-order valence-electron chi connectivity index (χ4n) is 1.62. The highest BCUT2D eigenvalue weighted by Gasteiger charge is 2.45. The Bertz CT molecular complexity index is 397. The number of imide groups is 1. The van der Waals surface area contributed by atoms with Crippen molar-refractivity contribution in [3.63, 3.8) is 0 Å². The molecule has 2 amide bonds. The van der Waals surface area contributed by atoms with Crippen molar-refractivity contribution in [3.8, 4) is 0 Å². The molecule has 5 heteroatoms. The Morgan fingerprint density at radius 3 is 2.00 bits per heavy atom. The molecule has 0 unspecified atom stereocenters. The van der Waals surface area contributed by atoms with Crippen LogP contribution in [-0.2, 0) is 16.1 Å². The van der Waals surface area contributed by atoms with Crippen molar-refractivity contribution in [1.29, 1.82) is 0 Å². The quantitative estimate of drug-likeness (QED) is 0.646. The molecule has 0 spiro atoms. The number of nitrogens with zero attached hydrogens (tertiary/aromatic N) is 1. The Morgan fingerprint density at radius 1 is 1.00 bits per heavy atom. The van der Waals surface area contributed by atoms with Crippen molar-refractivity contribution in [2.45, 2.75) is 18.8 Å². The van der Waals surface area contributed by atoms with Gasteiger partial charge in [-0.3, -0.25) is 14.5 Å². The van der Waals surface area contributed by atoms with E-state index in [1.165, 1.54) is 0 Å². The molecule has 1 heterocycles. The Balaban J connectivity index is 2.17. The van der Waals surface area contributed by atoms with Gasteiger partial charge in [-0.2, -0.15) is 0 Å². The average molecular weight is 221 g/mol. The molecule has 1 aromatic carbocycles. The molecule has 1 aliphatic rings. The predicted molar refractivity (Wildman–Crippen MR) is 54.0 cm³/mol. The maximum Gasteiger partial charge on any atom is 0.261 e. The SMILES string of the molecule is O=C1[C@@H](O)[C@@H](O)C(=O)N1Cc1ccccc1. The van der Waals surface area contributed by atoms with E-state index in [4.69, 9.17) is 0 Å². The molecule has 0 aliphatic carbocycles. The molecule has 2 N–H and O–H groups in total. The van der Waals surface area contributed by atoms with Crippen LogP contribution in [0.1, 0.15) is 5.56 Å². The first-order valence-electron chi connectivity index (χ1n) is 4.86. The van der Waals surface area contributed by atoms with Crippen molar-refractivity contribution in [1.82, 2.24) is 4.90 Å². The van der Waals surface area contributed by atoms with E-state index in [1.54, 1.807) is 24.3 Å². The number of likely N-dealkylation sites (tertiary alicyclic amines) is 1. The summed E-state index contributed by atoms with van der Waals surface area (Å²) in [7, 11) is 0. The van der Waals surface area contributed by atoms with Crippen LogP contribution in [0.5, 0.6) is 0 Å². The van der Waals surface area contributed by atoms with E-state index < -0.39 is 24.0 Å². The van der Waals surface area contributed by atoms with Crippen molar-refractivity contribution in [3.05, 3.63) is 35.9 Å². The average Bonchev–Trinajstić information content (AvgIpc) is 2.48. The molecule has 1 fully saturated rings. The maximum absolute atomic E-state index is 11.4. The third-order valence-corrected chi connectivity index (χ3v) is 2.52. The number of benzene rings is 1. The van der Waals surface area contributed by atoms with Gasteiger partial charge in [0.25, 0.3) is 11.8 Å². The van der Waals surface area contributed by atoms with Gasteiger partial charge >= 0.3 is 0 Å². The van der Waals surface area contributed by atoms with Gasteiger partial charge in [0.2, 0.25) is 0 Å². The Hall–Kier alpha value is -1.72. The fourth-order valence-corrected chi connectivity index (χ4v) is 1.62. The molecule has 0 bridgehead atoms. The monoisotopic (exact) mass is 221 g/mol. The Morgan fingerprint density at radius 2 is 1.50 bits per heavy atom. The zero-order valence-electron chi connectivity index (χ0n) is 8.41. The summed E-state index contributed by atoms with van der Waals surface area (Å²) in [6.45, 7) is 0.0760. The highest BCUT2D eigenvalue weighted by molar-refractivity contribution is 6.07. The Kier molecular flexibility index (Phi) is 2.72. The van der Waals surface area contributed by atoms with E-state index in [0.29, 0.717) is 0 Å². The van der Waals surface area contributed by atoms with E-state index in [2.05, 4.69) is 0 Å². The number of hydrogen-bond donors (Lipinski definition) is 2. The zero-order chi connectivity index (χ0) is 11.7. The van der Waals surface area contributed by atoms with Gasteiger partial charge in [0.15, 0.2) is 12.2 Å². The lowest BCUT2D eigenvalue weighted by atomic mass is 10.2. The number of carbonyl (C=O) groups excluding carboxylic acids is 2. The Labute approximate surface area is 91.9 Å². The molecular weight excluding hydrogens is 210 g/mol. The molecule has 1 saturated heterocycles. The van der Waals surface area contributed by atoms with Crippen LogP contribution in [0.3, 0.4) is 0 Å². The summed E-state index contributed by atoms with van der Waals surface area (Å²) in [5.74, 6) is -1.50. The number of hydrogen-bond acceptors (Lipinski definition) is 4. The van der Waals surface area contributed by atoms with Crippen molar-refractivity contribution in [2.75, 3.05) is 0 Å². The van der Waals surface area contributed by atoms with Gasteiger partial charge in [-0.25, -0.2) is 0 Å². The van der Waals surface area contributed by atoms with Gasteiger partial charge in [-0.15, -0.1) is 0 Å². The lowest BCUT2D eigenvalue weighted by Crippen LogP contribution is -2.31. The van der Waals surface area contributed by atoms with Gasteiger partial charge < -0.3 is 10.2 Å². The summed E-state index contributed by atoms with van der Waals surface area (Å²) < 4.78 is 0. The lowest BCUT2D eigenvalue weighted by molar-refractivity contribution is -0.142. The molecule has 2 atom stereocenters. The third kappa shape index (κ3) is 1.70. The second-order valence-corrected chi connectivity index (χ2v) is 3.64. The van der Waals surface area contributed by atoms with Gasteiger partial charge in [0.05, 0.1) is 6.54 Å².